The Hall–Kier alpha value is -1.73. The van der Waals surface area contributed by atoms with Crippen molar-refractivity contribution in [2.75, 3.05) is 6.61 Å². The number of halogens is 1. The molecule has 0 saturated carbocycles. The van der Waals surface area contributed by atoms with Gasteiger partial charge in [0.25, 0.3) is 5.69 Å². The Morgan fingerprint density at radius 1 is 1.40 bits per heavy atom. The lowest BCUT2D eigenvalue weighted by Gasteiger charge is -2.04. The molecule has 1 heterocycles. The van der Waals surface area contributed by atoms with Crippen LogP contribution in [0.25, 0.3) is 0 Å². The predicted molar refractivity (Wildman–Crippen MR) is 79.1 cm³/mol. The summed E-state index contributed by atoms with van der Waals surface area (Å²) in [6.45, 7) is 0.253. The van der Waals surface area contributed by atoms with E-state index in [1.165, 1.54) is 18.2 Å². The quantitative estimate of drug-likeness (QED) is 0.464. The van der Waals surface area contributed by atoms with Crippen molar-refractivity contribution in [3.63, 3.8) is 0 Å². The minimum Gasteiger partial charge on any atom is -0.462 e. The molecule has 0 spiro atoms. The number of nitrogens with zero attached hydrogens (tertiary/aromatic N) is 1. The van der Waals surface area contributed by atoms with Crippen molar-refractivity contribution < 1.29 is 14.5 Å². The third-order valence-corrected chi connectivity index (χ3v) is 4.15. The van der Waals surface area contributed by atoms with Crippen molar-refractivity contribution in [3.8, 4) is 0 Å². The topological polar surface area (TPSA) is 69.4 Å². The maximum absolute atomic E-state index is 11.8. The van der Waals surface area contributed by atoms with E-state index in [4.69, 9.17) is 4.74 Å². The number of hydrogen-bond donors (Lipinski definition) is 0. The van der Waals surface area contributed by atoms with Gasteiger partial charge < -0.3 is 4.74 Å². The predicted octanol–water partition coefficient (Wildman–Crippen LogP) is 3.82. The van der Waals surface area contributed by atoms with Gasteiger partial charge in [0.2, 0.25) is 0 Å². The van der Waals surface area contributed by atoms with E-state index in [0.29, 0.717) is 10.9 Å². The van der Waals surface area contributed by atoms with Gasteiger partial charge in [0.1, 0.15) is 0 Å². The number of carbonyl (C=O) groups excluding carboxylic acids is 1. The number of benzene rings is 1. The molecule has 104 valence electrons. The molecule has 20 heavy (non-hydrogen) atoms. The molecule has 0 amide bonds. The Labute approximate surface area is 127 Å². The summed E-state index contributed by atoms with van der Waals surface area (Å²) in [7, 11) is 0. The molecule has 0 aliphatic heterocycles. The van der Waals surface area contributed by atoms with E-state index in [9.17, 15) is 14.9 Å². The molecule has 5 nitrogen and oxygen atoms in total. The summed E-state index contributed by atoms with van der Waals surface area (Å²) in [5.41, 5.74) is 0.0174. The van der Waals surface area contributed by atoms with Crippen LogP contribution >= 0.6 is 27.3 Å². The van der Waals surface area contributed by atoms with Gasteiger partial charge in [-0.25, -0.2) is 4.79 Å². The number of esters is 1. The van der Waals surface area contributed by atoms with Gasteiger partial charge in [-0.1, -0.05) is 6.07 Å². The highest BCUT2D eigenvalue weighted by Gasteiger charge is 2.16. The van der Waals surface area contributed by atoms with Crippen LogP contribution < -0.4 is 0 Å². The van der Waals surface area contributed by atoms with Crippen LogP contribution in [-0.2, 0) is 11.2 Å². The first-order valence-corrected chi connectivity index (χ1v) is 7.38. The average Bonchev–Trinajstić information content (AvgIpc) is 2.92. The van der Waals surface area contributed by atoms with Crippen molar-refractivity contribution in [1.82, 2.24) is 0 Å². The minimum absolute atomic E-state index is 0.155. The van der Waals surface area contributed by atoms with Gasteiger partial charge in [-0.3, -0.25) is 10.1 Å². The molecule has 7 heteroatoms. The summed E-state index contributed by atoms with van der Waals surface area (Å²) in [5.74, 6) is -0.558. The van der Waals surface area contributed by atoms with Crippen molar-refractivity contribution in [1.29, 1.82) is 0 Å². The maximum Gasteiger partial charge on any atom is 0.338 e. The molecule has 0 saturated heterocycles. The summed E-state index contributed by atoms with van der Waals surface area (Å²) >= 11 is 4.66. The Bertz CT molecular complexity index is 627. The molecule has 2 aromatic rings. The van der Waals surface area contributed by atoms with Gasteiger partial charge in [-0.2, -0.15) is 0 Å². The first-order valence-electron chi connectivity index (χ1n) is 5.71. The van der Waals surface area contributed by atoms with Crippen LogP contribution in [0.5, 0.6) is 0 Å². The third-order valence-electron chi connectivity index (χ3n) is 2.54. The summed E-state index contributed by atoms with van der Waals surface area (Å²) < 4.78 is 5.44. The molecular weight excluding hydrogens is 346 g/mol. The SMILES string of the molecule is O=C(OCCc1cccs1)c1ccc(Br)c([N+](=O)[O-])c1. The molecule has 0 atom stereocenters. The van der Waals surface area contributed by atoms with Crippen LogP contribution in [0.2, 0.25) is 0 Å². The van der Waals surface area contributed by atoms with Crippen molar-refractivity contribution in [3.05, 3.63) is 60.7 Å². The van der Waals surface area contributed by atoms with Crippen LogP contribution in [0.4, 0.5) is 5.69 Å². The molecular formula is C13H10BrNO4S. The number of nitro benzene ring substituents is 1. The Morgan fingerprint density at radius 3 is 2.85 bits per heavy atom. The van der Waals surface area contributed by atoms with Crippen LogP contribution in [0.1, 0.15) is 15.2 Å². The fraction of sp³-hybridized carbons (Fsp3) is 0.154. The van der Waals surface area contributed by atoms with Gasteiger partial charge in [0.05, 0.1) is 21.6 Å². The second-order valence-corrected chi connectivity index (χ2v) is 5.78. The first kappa shape index (κ1) is 14.7. The second kappa shape index (κ2) is 6.62. The normalized spacial score (nSPS) is 10.2. The molecule has 0 bridgehead atoms. The van der Waals surface area contributed by atoms with E-state index in [1.54, 1.807) is 11.3 Å². The zero-order valence-electron chi connectivity index (χ0n) is 10.2. The summed E-state index contributed by atoms with van der Waals surface area (Å²) in [5, 5.41) is 12.7. The Morgan fingerprint density at radius 2 is 2.20 bits per heavy atom. The van der Waals surface area contributed by atoms with Gasteiger partial charge in [-0.05, 0) is 39.5 Å². The molecule has 2 rings (SSSR count). The lowest BCUT2D eigenvalue weighted by atomic mass is 10.2. The molecule has 0 fully saturated rings. The number of thiophene rings is 1. The van der Waals surface area contributed by atoms with E-state index < -0.39 is 10.9 Å². The van der Waals surface area contributed by atoms with Crippen molar-refractivity contribution >= 4 is 38.9 Å². The zero-order valence-corrected chi connectivity index (χ0v) is 12.6. The molecule has 0 N–H and O–H groups in total. The molecule has 0 unspecified atom stereocenters. The smallest absolute Gasteiger partial charge is 0.338 e. The highest BCUT2D eigenvalue weighted by molar-refractivity contribution is 9.10. The summed E-state index contributed by atoms with van der Waals surface area (Å²) in [6.07, 6.45) is 0.641. The van der Waals surface area contributed by atoms with E-state index in [0.717, 1.165) is 4.88 Å². The van der Waals surface area contributed by atoms with Gasteiger partial charge in [0.15, 0.2) is 0 Å². The summed E-state index contributed by atoms with van der Waals surface area (Å²) in [4.78, 5) is 23.2. The molecule has 0 radical (unpaired) electrons. The minimum atomic E-state index is -0.558. The number of nitro groups is 1. The van der Waals surface area contributed by atoms with Crippen LogP contribution in [0.15, 0.2) is 40.2 Å². The molecule has 1 aromatic carbocycles. The number of rotatable bonds is 5. The van der Waals surface area contributed by atoms with Crippen LogP contribution in [0.3, 0.4) is 0 Å². The summed E-state index contributed by atoms with van der Waals surface area (Å²) in [6, 6.07) is 8.05. The maximum atomic E-state index is 11.8. The van der Waals surface area contributed by atoms with Crippen LogP contribution in [0, 0.1) is 10.1 Å². The van der Waals surface area contributed by atoms with Gasteiger partial charge in [0, 0.05) is 17.4 Å². The lowest BCUT2D eigenvalue weighted by Crippen LogP contribution is -2.08. The fourth-order valence-corrected chi connectivity index (χ4v) is 2.64. The van der Waals surface area contributed by atoms with Gasteiger partial charge >= 0.3 is 5.97 Å². The zero-order chi connectivity index (χ0) is 14.5. The number of ether oxygens (including phenoxy) is 1. The first-order chi connectivity index (χ1) is 9.58. The molecule has 0 aliphatic rings. The monoisotopic (exact) mass is 355 g/mol. The number of carbonyl (C=O) groups is 1. The third kappa shape index (κ3) is 3.64. The van der Waals surface area contributed by atoms with E-state index in [-0.39, 0.29) is 17.9 Å². The fourth-order valence-electron chi connectivity index (χ4n) is 1.56. The van der Waals surface area contributed by atoms with Crippen molar-refractivity contribution in [2.45, 2.75) is 6.42 Å². The molecule has 1 aromatic heterocycles. The second-order valence-electron chi connectivity index (χ2n) is 3.89. The highest BCUT2D eigenvalue weighted by atomic mass is 79.9. The highest BCUT2D eigenvalue weighted by Crippen LogP contribution is 2.25. The van der Waals surface area contributed by atoms with Gasteiger partial charge in [-0.15, -0.1) is 11.3 Å². The standard InChI is InChI=1S/C13H10BrNO4S/c14-11-4-3-9(8-12(11)15(17)18)13(16)19-6-5-10-2-1-7-20-10/h1-4,7-8H,5-6H2. The Kier molecular flexibility index (Phi) is 4.86. The molecule has 0 aliphatic carbocycles. The van der Waals surface area contributed by atoms with Crippen molar-refractivity contribution in [2.24, 2.45) is 0 Å². The largest absolute Gasteiger partial charge is 0.462 e. The van der Waals surface area contributed by atoms with E-state index in [1.807, 2.05) is 17.5 Å². The Balaban J connectivity index is 1.98. The van der Waals surface area contributed by atoms with Crippen LogP contribution in [-0.4, -0.2) is 17.5 Å². The van der Waals surface area contributed by atoms with E-state index >= 15 is 0 Å². The lowest BCUT2D eigenvalue weighted by molar-refractivity contribution is -0.385. The average molecular weight is 356 g/mol. The van der Waals surface area contributed by atoms with E-state index in [2.05, 4.69) is 15.9 Å². The number of hydrogen-bond acceptors (Lipinski definition) is 5.